The van der Waals surface area contributed by atoms with Gasteiger partial charge in [-0.15, -0.1) is 0 Å². The lowest BCUT2D eigenvalue weighted by atomic mass is 9.97. The van der Waals surface area contributed by atoms with Gasteiger partial charge in [0.2, 0.25) is 5.88 Å². The Morgan fingerprint density at radius 2 is 2.20 bits per heavy atom. The van der Waals surface area contributed by atoms with Crippen molar-refractivity contribution in [2.24, 2.45) is 0 Å². The number of carbonyl (C=O) groups excluding carboxylic acids is 1. The Kier molecular flexibility index (Phi) is 5.25. The number of urea groups is 1. The standard InChI is InChI=1S/C21H21N7O2/c1-13-9-24-11-19(26-13)30-16-4-2-3-15(7-16)27-21(29)28-6-5-17-14(12-28)10-25-20(23)18(17)8-22/h2-4,7-11,22H,5-6,12H2,1H3,(H2,23,25)(H,27,29). The van der Waals surface area contributed by atoms with E-state index in [0.717, 1.165) is 16.8 Å². The van der Waals surface area contributed by atoms with Gasteiger partial charge in [-0.1, -0.05) is 6.07 Å². The van der Waals surface area contributed by atoms with Crippen LogP contribution >= 0.6 is 0 Å². The summed E-state index contributed by atoms with van der Waals surface area (Å²) in [5, 5.41) is 10.5. The fourth-order valence-corrected chi connectivity index (χ4v) is 3.37. The van der Waals surface area contributed by atoms with E-state index in [-0.39, 0.29) is 6.03 Å². The van der Waals surface area contributed by atoms with E-state index in [1.165, 1.54) is 12.4 Å². The Balaban J connectivity index is 1.45. The van der Waals surface area contributed by atoms with Crippen molar-refractivity contribution >= 4 is 23.8 Å². The number of hydrogen-bond acceptors (Lipinski definition) is 7. The van der Waals surface area contributed by atoms with Gasteiger partial charge in [0.15, 0.2) is 0 Å². The number of pyridine rings is 1. The molecule has 9 nitrogen and oxygen atoms in total. The van der Waals surface area contributed by atoms with E-state index in [4.69, 9.17) is 15.9 Å². The van der Waals surface area contributed by atoms with Crippen molar-refractivity contribution in [1.29, 1.82) is 5.41 Å². The zero-order chi connectivity index (χ0) is 21.1. The van der Waals surface area contributed by atoms with Gasteiger partial charge in [0.1, 0.15) is 11.6 Å². The molecule has 2 amide bonds. The first-order valence-corrected chi connectivity index (χ1v) is 9.42. The molecule has 2 aromatic heterocycles. The van der Waals surface area contributed by atoms with Gasteiger partial charge < -0.3 is 26.1 Å². The number of aryl methyl sites for hydroxylation is 1. The molecule has 1 aromatic carbocycles. The number of nitrogen functional groups attached to an aromatic ring is 1. The van der Waals surface area contributed by atoms with Crippen molar-refractivity contribution in [3.63, 3.8) is 0 Å². The van der Waals surface area contributed by atoms with Crippen LogP contribution in [-0.4, -0.2) is 38.6 Å². The average Bonchev–Trinajstić information content (AvgIpc) is 2.73. The van der Waals surface area contributed by atoms with Crippen LogP contribution in [0.1, 0.15) is 22.4 Å². The molecule has 152 valence electrons. The zero-order valence-electron chi connectivity index (χ0n) is 16.4. The van der Waals surface area contributed by atoms with Crippen molar-refractivity contribution < 1.29 is 9.53 Å². The molecule has 0 atom stereocenters. The molecule has 0 unspecified atom stereocenters. The highest BCUT2D eigenvalue weighted by molar-refractivity contribution is 5.90. The van der Waals surface area contributed by atoms with Gasteiger partial charge in [0.05, 0.1) is 11.9 Å². The van der Waals surface area contributed by atoms with Crippen LogP contribution in [0.3, 0.4) is 0 Å². The molecule has 0 bridgehead atoms. The quantitative estimate of drug-likeness (QED) is 0.574. The maximum absolute atomic E-state index is 12.8. The van der Waals surface area contributed by atoms with E-state index in [0.29, 0.717) is 48.2 Å². The van der Waals surface area contributed by atoms with Gasteiger partial charge in [-0.2, -0.15) is 0 Å². The molecule has 3 aromatic rings. The van der Waals surface area contributed by atoms with Crippen molar-refractivity contribution in [2.75, 3.05) is 17.6 Å². The number of carbonyl (C=O) groups is 1. The first-order chi connectivity index (χ1) is 14.5. The Hall–Kier alpha value is -4.01. The SMILES string of the molecule is Cc1cncc(Oc2cccc(NC(=O)N3CCc4c(cnc(N)c4C=N)C3)c2)n1. The van der Waals surface area contributed by atoms with Crippen LogP contribution in [-0.2, 0) is 13.0 Å². The number of rotatable bonds is 4. The zero-order valence-corrected chi connectivity index (χ0v) is 16.4. The monoisotopic (exact) mass is 403 g/mol. The molecule has 0 radical (unpaired) electrons. The largest absolute Gasteiger partial charge is 0.437 e. The summed E-state index contributed by atoms with van der Waals surface area (Å²) in [5.41, 5.74) is 9.74. The van der Waals surface area contributed by atoms with Crippen LogP contribution in [0.25, 0.3) is 0 Å². The summed E-state index contributed by atoms with van der Waals surface area (Å²) in [7, 11) is 0. The smallest absolute Gasteiger partial charge is 0.322 e. The third-order valence-corrected chi connectivity index (χ3v) is 4.81. The Morgan fingerprint density at radius 3 is 3.00 bits per heavy atom. The molecule has 0 spiro atoms. The van der Waals surface area contributed by atoms with E-state index < -0.39 is 0 Å². The summed E-state index contributed by atoms with van der Waals surface area (Å²) >= 11 is 0. The third-order valence-electron chi connectivity index (χ3n) is 4.81. The lowest BCUT2D eigenvalue weighted by molar-refractivity contribution is 0.206. The number of nitrogens with two attached hydrogens (primary N) is 1. The third kappa shape index (κ3) is 4.04. The number of amides is 2. The van der Waals surface area contributed by atoms with Gasteiger partial charge in [-0.05, 0) is 36.6 Å². The second kappa shape index (κ2) is 8.16. The van der Waals surface area contributed by atoms with Crippen LogP contribution in [0.4, 0.5) is 16.3 Å². The number of benzene rings is 1. The highest BCUT2D eigenvalue weighted by Gasteiger charge is 2.23. The number of aromatic nitrogens is 3. The van der Waals surface area contributed by atoms with Crippen LogP contribution in [0.2, 0.25) is 0 Å². The molecule has 0 saturated heterocycles. The molecule has 1 aliphatic rings. The summed E-state index contributed by atoms with van der Waals surface area (Å²) in [4.78, 5) is 26.9. The van der Waals surface area contributed by atoms with Crippen LogP contribution in [0, 0.1) is 12.3 Å². The fourth-order valence-electron chi connectivity index (χ4n) is 3.37. The first kappa shape index (κ1) is 19.3. The van der Waals surface area contributed by atoms with Crippen molar-refractivity contribution in [3.05, 3.63) is 65.2 Å². The summed E-state index contributed by atoms with van der Waals surface area (Å²) in [6, 6.07) is 6.88. The van der Waals surface area contributed by atoms with E-state index in [1.807, 2.05) is 6.92 Å². The van der Waals surface area contributed by atoms with E-state index in [9.17, 15) is 4.79 Å². The number of nitrogens with zero attached hydrogens (tertiary/aromatic N) is 4. The minimum Gasteiger partial charge on any atom is -0.437 e. The second-order valence-corrected chi connectivity index (χ2v) is 6.94. The maximum Gasteiger partial charge on any atom is 0.322 e. The molecular formula is C21H21N7O2. The van der Waals surface area contributed by atoms with Crippen LogP contribution in [0.5, 0.6) is 11.6 Å². The molecule has 1 aliphatic heterocycles. The van der Waals surface area contributed by atoms with Crippen LogP contribution in [0.15, 0.2) is 42.9 Å². The van der Waals surface area contributed by atoms with Crippen molar-refractivity contribution in [2.45, 2.75) is 19.9 Å². The van der Waals surface area contributed by atoms with Crippen LogP contribution < -0.4 is 15.8 Å². The Labute approximate surface area is 173 Å². The molecule has 4 rings (SSSR count). The highest BCUT2D eigenvalue weighted by atomic mass is 16.5. The topological polar surface area (TPSA) is 130 Å². The summed E-state index contributed by atoms with van der Waals surface area (Å²) in [6.07, 6.45) is 6.70. The molecule has 0 aliphatic carbocycles. The fraction of sp³-hybridized carbons (Fsp3) is 0.190. The lowest BCUT2D eigenvalue weighted by Gasteiger charge is -2.29. The first-order valence-electron chi connectivity index (χ1n) is 9.42. The predicted octanol–water partition coefficient (Wildman–Crippen LogP) is 3.14. The molecular weight excluding hydrogens is 382 g/mol. The minimum absolute atomic E-state index is 0.221. The van der Waals surface area contributed by atoms with E-state index in [2.05, 4.69) is 20.3 Å². The number of anilines is 2. The number of fused-ring (bicyclic) bond motifs is 1. The van der Waals surface area contributed by atoms with Gasteiger partial charge in [-0.25, -0.2) is 14.8 Å². The molecule has 0 fully saturated rings. The molecule has 4 N–H and O–H groups in total. The van der Waals surface area contributed by atoms with Gasteiger partial charge >= 0.3 is 6.03 Å². The molecule has 9 heteroatoms. The highest BCUT2D eigenvalue weighted by Crippen LogP contribution is 2.26. The van der Waals surface area contributed by atoms with Crippen molar-refractivity contribution in [3.8, 4) is 11.6 Å². The number of nitrogens with one attached hydrogen (secondary N) is 2. The summed E-state index contributed by atoms with van der Waals surface area (Å²) in [5.74, 6) is 1.28. The summed E-state index contributed by atoms with van der Waals surface area (Å²) in [6.45, 7) is 2.77. The molecule has 0 saturated carbocycles. The minimum atomic E-state index is -0.221. The van der Waals surface area contributed by atoms with E-state index >= 15 is 0 Å². The lowest BCUT2D eigenvalue weighted by Crippen LogP contribution is -2.39. The van der Waals surface area contributed by atoms with Gasteiger partial charge in [0, 0.05) is 49.0 Å². The molecule has 30 heavy (non-hydrogen) atoms. The normalized spacial score (nSPS) is 12.8. The number of ether oxygens (including phenoxy) is 1. The second-order valence-electron chi connectivity index (χ2n) is 6.94. The Bertz CT molecular complexity index is 1120. The number of hydrogen-bond donors (Lipinski definition) is 3. The summed E-state index contributed by atoms with van der Waals surface area (Å²) < 4.78 is 5.73. The average molecular weight is 403 g/mol. The Morgan fingerprint density at radius 1 is 1.33 bits per heavy atom. The molecule has 3 heterocycles. The van der Waals surface area contributed by atoms with Gasteiger partial charge in [0.25, 0.3) is 0 Å². The van der Waals surface area contributed by atoms with Crippen molar-refractivity contribution in [1.82, 2.24) is 19.9 Å². The van der Waals surface area contributed by atoms with E-state index in [1.54, 1.807) is 41.6 Å². The predicted molar refractivity (Wildman–Crippen MR) is 113 cm³/mol. The van der Waals surface area contributed by atoms with Gasteiger partial charge in [-0.3, -0.25) is 4.98 Å². The maximum atomic E-state index is 12.8.